The molecule has 3 rings (SSSR count). The molecule has 2 N–H and O–H groups in total. The Kier molecular flexibility index (Phi) is 5.65. The number of carbonyl (C=O) groups excluding carboxylic acids is 1. The predicted molar refractivity (Wildman–Crippen MR) is 97.8 cm³/mol. The summed E-state index contributed by atoms with van der Waals surface area (Å²) in [5.41, 5.74) is 6.65. The van der Waals surface area contributed by atoms with Crippen LogP contribution in [0.15, 0.2) is 18.3 Å². The van der Waals surface area contributed by atoms with E-state index in [4.69, 9.17) is 10.5 Å². The summed E-state index contributed by atoms with van der Waals surface area (Å²) in [6.45, 7) is 7.97. The van der Waals surface area contributed by atoms with E-state index in [0.717, 1.165) is 43.2 Å². The van der Waals surface area contributed by atoms with Gasteiger partial charge in [-0.2, -0.15) is 0 Å². The Hall–Kier alpha value is -1.99. The molecule has 1 amide bonds. The molecule has 3 heterocycles. The molecule has 0 aliphatic carbocycles. The number of rotatable bonds is 6. The van der Waals surface area contributed by atoms with Gasteiger partial charge in [-0.3, -0.25) is 14.7 Å². The molecule has 1 aliphatic heterocycles. The topological polar surface area (TPSA) is 81.3 Å². The number of piperidine rings is 1. The van der Waals surface area contributed by atoms with Crippen molar-refractivity contribution in [1.82, 2.24) is 14.9 Å². The van der Waals surface area contributed by atoms with Gasteiger partial charge in [-0.1, -0.05) is 0 Å². The van der Waals surface area contributed by atoms with Gasteiger partial charge >= 0.3 is 0 Å². The van der Waals surface area contributed by atoms with E-state index < -0.39 is 5.91 Å². The van der Waals surface area contributed by atoms with Crippen molar-refractivity contribution in [2.24, 2.45) is 11.7 Å². The third-order valence-corrected chi connectivity index (χ3v) is 5.60. The van der Waals surface area contributed by atoms with Crippen LogP contribution in [0.25, 0.3) is 0 Å². The van der Waals surface area contributed by atoms with Crippen molar-refractivity contribution >= 4 is 17.2 Å². The van der Waals surface area contributed by atoms with Gasteiger partial charge in [0, 0.05) is 23.7 Å². The number of thiazole rings is 1. The summed E-state index contributed by atoms with van der Waals surface area (Å²) in [5.74, 6) is 0.653. The summed E-state index contributed by atoms with van der Waals surface area (Å²) < 4.78 is 5.84. The van der Waals surface area contributed by atoms with Crippen LogP contribution < -0.4 is 10.5 Å². The zero-order valence-electron chi connectivity index (χ0n) is 14.7. The van der Waals surface area contributed by atoms with Crippen LogP contribution >= 0.6 is 11.3 Å². The molecule has 7 heteroatoms. The minimum Gasteiger partial charge on any atom is -0.493 e. The van der Waals surface area contributed by atoms with Gasteiger partial charge in [-0.15, -0.1) is 11.3 Å². The van der Waals surface area contributed by atoms with E-state index in [-0.39, 0.29) is 5.69 Å². The van der Waals surface area contributed by atoms with E-state index in [2.05, 4.69) is 28.7 Å². The van der Waals surface area contributed by atoms with Crippen molar-refractivity contribution in [3.8, 4) is 5.75 Å². The molecule has 0 atom stereocenters. The number of carbonyl (C=O) groups is 1. The van der Waals surface area contributed by atoms with Gasteiger partial charge in [-0.05, 0) is 51.8 Å². The van der Waals surface area contributed by atoms with Gasteiger partial charge < -0.3 is 10.5 Å². The number of ether oxygens (including phenoxy) is 1. The number of primary amides is 1. The molecular formula is C18H24N4O2S. The van der Waals surface area contributed by atoms with Crippen LogP contribution in [0.3, 0.4) is 0 Å². The number of hydrogen-bond donors (Lipinski definition) is 1. The van der Waals surface area contributed by atoms with Crippen LogP contribution in [0.4, 0.5) is 0 Å². The van der Waals surface area contributed by atoms with Crippen molar-refractivity contribution < 1.29 is 9.53 Å². The normalized spacial score (nSPS) is 16.1. The van der Waals surface area contributed by atoms with Gasteiger partial charge in [0.1, 0.15) is 11.4 Å². The highest BCUT2D eigenvalue weighted by Gasteiger charge is 2.21. The van der Waals surface area contributed by atoms with E-state index in [1.807, 2.05) is 0 Å². The first-order valence-corrected chi connectivity index (χ1v) is 9.37. The van der Waals surface area contributed by atoms with E-state index in [9.17, 15) is 4.79 Å². The SMILES string of the molecule is Cc1nc(C)c(CN2CCC(COc3ccnc(C(N)=O)c3)CC2)s1. The van der Waals surface area contributed by atoms with E-state index in [0.29, 0.717) is 18.3 Å². The van der Waals surface area contributed by atoms with Crippen molar-refractivity contribution in [3.05, 3.63) is 39.6 Å². The number of likely N-dealkylation sites (tertiary alicyclic amines) is 1. The lowest BCUT2D eigenvalue weighted by Crippen LogP contribution is -2.35. The quantitative estimate of drug-likeness (QED) is 0.856. The minimum absolute atomic E-state index is 0.238. The molecule has 6 nitrogen and oxygen atoms in total. The first-order chi connectivity index (χ1) is 12.0. The van der Waals surface area contributed by atoms with Crippen LogP contribution in [0.2, 0.25) is 0 Å². The molecular weight excluding hydrogens is 336 g/mol. The molecule has 1 saturated heterocycles. The summed E-state index contributed by atoms with van der Waals surface area (Å²) in [7, 11) is 0. The lowest BCUT2D eigenvalue weighted by atomic mass is 9.98. The molecule has 1 aliphatic rings. The Labute approximate surface area is 152 Å². The number of aromatic nitrogens is 2. The summed E-state index contributed by atoms with van der Waals surface area (Å²) >= 11 is 1.80. The molecule has 1 fully saturated rings. The zero-order chi connectivity index (χ0) is 17.8. The van der Waals surface area contributed by atoms with Crippen LogP contribution in [0.1, 0.15) is 38.9 Å². The fourth-order valence-electron chi connectivity index (χ4n) is 3.08. The Morgan fingerprint density at radius 3 is 2.80 bits per heavy atom. The molecule has 0 radical (unpaired) electrons. The number of hydrogen-bond acceptors (Lipinski definition) is 6. The van der Waals surface area contributed by atoms with Crippen molar-refractivity contribution in [3.63, 3.8) is 0 Å². The average Bonchev–Trinajstić information content (AvgIpc) is 2.92. The highest BCUT2D eigenvalue weighted by molar-refractivity contribution is 7.11. The minimum atomic E-state index is -0.535. The van der Waals surface area contributed by atoms with Crippen LogP contribution in [-0.2, 0) is 6.54 Å². The van der Waals surface area contributed by atoms with Gasteiger partial charge in [0.05, 0.1) is 17.3 Å². The van der Waals surface area contributed by atoms with Crippen LogP contribution in [0, 0.1) is 19.8 Å². The first kappa shape index (κ1) is 17.8. The highest BCUT2D eigenvalue weighted by atomic mass is 32.1. The summed E-state index contributed by atoms with van der Waals surface area (Å²) in [4.78, 5) is 23.5. The Bertz CT molecular complexity index is 738. The van der Waals surface area contributed by atoms with E-state index >= 15 is 0 Å². The molecule has 134 valence electrons. The fraction of sp³-hybridized carbons (Fsp3) is 0.500. The maximum atomic E-state index is 11.2. The lowest BCUT2D eigenvalue weighted by molar-refractivity contribution is 0.0994. The van der Waals surface area contributed by atoms with Crippen molar-refractivity contribution in [2.75, 3.05) is 19.7 Å². The van der Waals surface area contributed by atoms with E-state index in [1.165, 1.54) is 4.88 Å². The maximum absolute atomic E-state index is 11.2. The Balaban J connectivity index is 1.46. The summed E-state index contributed by atoms with van der Waals surface area (Å²) in [5, 5.41) is 1.14. The van der Waals surface area contributed by atoms with Crippen molar-refractivity contribution in [2.45, 2.75) is 33.2 Å². The number of aryl methyl sites for hydroxylation is 2. The number of pyridine rings is 1. The van der Waals surface area contributed by atoms with Gasteiger partial charge in [-0.25, -0.2) is 4.98 Å². The smallest absolute Gasteiger partial charge is 0.267 e. The lowest BCUT2D eigenvalue weighted by Gasteiger charge is -2.31. The second-order valence-corrected chi connectivity index (χ2v) is 7.80. The molecule has 2 aromatic heterocycles. The molecule has 0 bridgehead atoms. The van der Waals surface area contributed by atoms with Crippen molar-refractivity contribution in [1.29, 1.82) is 0 Å². The fourth-order valence-corrected chi connectivity index (χ4v) is 4.06. The zero-order valence-corrected chi connectivity index (χ0v) is 15.5. The number of nitrogens with zero attached hydrogens (tertiary/aromatic N) is 3. The second-order valence-electron chi connectivity index (χ2n) is 6.51. The largest absolute Gasteiger partial charge is 0.493 e. The monoisotopic (exact) mass is 360 g/mol. The predicted octanol–water partition coefficient (Wildman–Crippen LogP) is 2.54. The van der Waals surface area contributed by atoms with E-state index in [1.54, 1.807) is 29.7 Å². The van der Waals surface area contributed by atoms with Gasteiger partial charge in [0.2, 0.25) is 0 Å². The molecule has 25 heavy (non-hydrogen) atoms. The van der Waals surface area contributed by atoms with Crippen LogP contribution in [0.5, 0.6) is 5.75 Å². The number of amides is 1. The maximum Gasteiger partial charge on any atom is 0.267 e. The summed E-state index contributed by atoms with van der Waals surface area (Å²) in [6, 6.07) is 3.36. The molecule has 0 aromatic carbocycles. The van der Waals surface area contributed by atoms with Crippen LogP contribution in [-0.4, -0.2) is 40.5 Å². The molecule has 0 spiro atoms. The third kappa shape index (κ3) is 4.76. The molecule has 0 unspecified atom stereocenters. The molecule has 0 saturated carbocycles. The standard InChI is InChI=1S/C18H24N4O2S/c1-12-17(25-13(2)21-12)10-22-7-4-14(5-8-22)11-24-15-3-6-20-16(9-15)18(19)23/h3,6,9,14H,4-5,7-8,10-11H2,1-2H3,(H2,19,23). The summed E-state index contributed by atoms with van der Waals surface area (Å²) in [6.07, 6.45) is 3.78. The average molecular weight is 360 g/mol. The van der Waals surface area contributed by atoms with Gasteiger partial charge in [0.15, 0.2) is 0 Å². The van der Waals surface area contributed by atoms with Gasteiger partial charge in [0.25, 0.3) is 5.91 Å². The number of nitrogens with two attached hydrogens (primary N) is 1. The Morgan fingerprint density at radius 2 is 2.16 bits per heavy atom. The second kappa shape index (κ2) is 7.93. The Morgan fingerprint density at radius 1 is 1.40 bits per heavy atom. The molecule has 2 aromatic rings. The highest BCUT2D eigenvalue weighted by Crippen LogP contribution is 2.24. The third-order valence-electron chi connectivity index (χ3n) is 4.54. The first-order valence-electron chi connectivity index (χ1n) is 8.55.